The van der Waals surface area contributed by atoms with E-state index >= 15 is 0 Å². The van der Waals surface area contributed by atoms with Gasteiger partial charge in [0.15, 0.2) is 0 Å². The summed E-state index contributed by atoms with van der Waals surface area (Å²) in [6.07, 6.45) is 7.09. The van der Waals surface area contributed by atoms with Gasteiger partial charge in [-0.1, -0.05) is 13.3 Å². The van der Waals surface area contributed by atoms with Crippen LogP contribution in [0.4, 0.5) is 0 Å². The number of piperazine rings is 1. The zero-order chi connectivity index (χ0) is 13.5. The molecule has 4 atom stereocenters. The van der Waals surface area contributed by atoms with Crippen molar-refractivity contribution < 1.29 is 4.74 Å². The Morgan fingerprint density at radius 1 is 1.26 bits per heavy atom. The molecule has 0 bridgehead atoms. The fourth-order valence-corrected chi connectivity index (χ4v) is 4.43. The summed E-state index contributed by atoms with van der Waals surface area (Å²) in [4.78, 5) is 5.58. The Balaban J connectivity index is 1.79. The van der Waals surface area contributed by atoms with Crippen molar-refractivity contribution in [3.63, 3.8) is 0 Å². The molecule has 3 aliphatic heterocycles. The highest BCUT2D eigenvalue weighted by Crippen LogP contribution is 2.37. The Bertz CT molecular complexity index is 322. The van der Waals surface area contributed by atoms with Crippen LogP contribution in [0.15, 0.2) is 0 Å². The Hall–Kier alpha value is -0.120. The Labute approximate surface area is 118 Å². The lowest BCUT2D eigenvalue weighted by Crippen LogP contribution is -2.66. The lowest BCUT2D eigenvalue weighted by Gasteiger charge is -2.54. The SMILES string of the molecule is CCC1CN2CCCCC2CN1C1(C)CCOC1C. The van der Waals surface area contributed by atoms with Crippen LogP contribution >= 0.6 is 0 Å². The van der Waals surface area contributed by atoms with Gasteiger partial charge in [-0.25, -0.2) is 0 Å². The number of rotatable bonds is 2. The minimum absolute atomic E-state index is 0.268. The van der Waals surface area contributed by atoms with E-state index in [1.165, 1.54) is 51.7 Å². The fraction of sp³-hybridized carbons (Fsp3) is 1.00. The molecular formula is C16H30N2O. The molecule has 3 rings (SSSR count). The molecule has 0 N–H and O–H groups in total. The molecule has 3 heteroatoms. The molecule has 0 radical (unpaired) electrons. The molecule has 0 spiro atoms. The molecule has 3 saturated heterocycles. The second-order valence-electron chi connectivity index (χ2n) is 6.98. The summed E-state index contributed by atoms with van der Waals surface area (Å²) in [5.74, 6) is 0. The molecule has 0 aliphatic carbocycles. The molecule has 0 aromatic carbocycles. The normalized spacial score (nSPS) is 45.3. The molecule has 3 nitrogen and oxygen atoms in total. The summed E-state index contributed by atoms with van der Waals surface area (Å²) < 4.78 is 5.90. The van der Waals surface area contributed by atoms with E-state index in [9.17, 15) is 0 Å². The first kappa shape index (κ1) is 13.8. The number of hydrogen-bond donors (Lipinski definition) is 0. The largest absolute Gasteiger partial charge is 0.377 e. The highest BCUT2D eigenvalue weighted by molar-refractivity contribution is 5.02. The molecule has 0 aromatic heterocycles. The molecule has 3 aliphatic rings. The molecule has 110 valence electrons. The Kier molecular flexibility index (Phi) is 3.89. The molecule has 0 amide bonds. The smallest absolute Gasteiger partial charge is 0.0728 e. The van der Waals surface area contributed by atoms with Crippen molar-refractivity contribution in [2.75, 3.05) is 26.2 Å². The quantitative estimate of drug-likeness (QED) is 0.764. The van der Waals surface area contributed by atoms with Crippen LogP contribution in [-0.2, 0) is 4.74 Å². The molecule has 4 unspecified atom stereocenters. The van der Waals surface area contributed by atoms with Gasteiger partial charge in [-0.3, -0.25) is 9.80 Å². The van der Waals surface area contributed by atoms with Gasteiger partial charge in [0.05, 0.1) is 6.10 Å². The van der Waals surface area contributed by atoms with Gasteiger partial charge < -0.3 is 4.74 Å². The minimum atomic E-state index is 0.268. The summed E-state index contributed by atoms with van der Waals surface area (Å²) >= 11 is 0. The monoisotopic (exact) mass is 266 g/mol. The van der Waals surface area contributed by atoms with Crippen LogP contribution in [-0.4, -0.2) is 59.8 Å². The van der Waals surface area contributed by atoms with Gasteiger partial charge in [-0.05, 0) is 46.1 Å². The number of fused-ring (bicyclic) bond motifs is 1. The summed E-state index contributed by atoms with van der Waals surface area (Å²) in [6.45, 7) is 11.9. The number of nitrogens with zero attached hydrogens (tertiary/aromatic N) is 2. The Morgan fingerprint density at radius 2 is 2.11 bits per heavy atom. The van der Waals surface area contributed by atoms with Crippen LogP contribution in [0.5, 0.6) is 0 Å². The van der Waals surface area contributed by atoms with Crippen molar-refractivity contribution in [3.05, 3.63) is 0 Å². The van der Waals surface area contributed by atoms with Crippen molar-refractivity contribution in [2.45, 2.75) is 76.6 Å². The summed E-state index contributed by atoms with van der Waals surface area (Å²) in [5, 5.41) is 0. The first-order valence-corrected chi connectivity index (χ1v) is 8.27. The van der Waals surface area contributed by atoms with Crippen LogP contribution in [0.25, 0.3) is 0 Å². The van der Waals surface area contributed by atoms with Gasteiger partial charge in [-0.15, -0.1) is 0 Å². The third kappa shape index (κ3) is 2.34. The van der Waals surface area contributed by atoms with Crippen LogP contribution < -0.4 is 0 Å². The van der Waals surface area contributed by atoms with Crippen LogP contribution in [0, 0.1) is 0 Å². The van der Waals surface area contributed by atoms with Crippen molar-refractivity contribution in [1.29, 1.82) is 0 Å². The second-order valence-corrected chi connectivity index (χ2v) is 6.98. The van der Waals surface area contributed by atoms with Gasteiger partial charge in [-0.2, -0.15) is 0 Å². The van der Waals surface area contributed by atoms with E-state index in [-0.39, 0.29) is 5.54 Å². The van der Waals surface area contributed by atoms with E-state index in [0.717, 1.165) is 18.7 Å². The standard InChI is InChI=1S/C16H30N2O/c1-4-14-11-17-9-6-5-7-15(17)12-18(14)16(3)8-10-19-13(16)2/h13-15H,4-12H2,1-3H3. The summed E-state index contributed by atoms with van der Waals surface area (Å²) in [7, 11) is 0. The first-order valence-electron chi connectivity index (χ1n) is 8.27. The molecular weight excluding hydrogens is 236 g/mol. The van der Waals surface area contributed by atoms with Crippen molar-refractivity contribution in [2.24, 2.45) is 0 Å². The third-order valence-electron chi connectivity index (χ3n) is 6.02. The fourth-order valence-electron chi connectivity index (χ4n) is 4.43. The Morgan fingerprint density at radius 3 is 2.79 bits per heavy atom. The van der Waals surface area contributed by atoms with Gasteiger partial charge in [0.25, 0.3) is 0 Å². The lowest BCUT2D eigenvalue weighted by atomic mass is 9.86. The van der Waals surface area contributed by atoms with E-state index in [0.29, 0.717) is 6.10 Å². The van der Waals surface area contributed by atoms with Crippen molar-refractivity contribution >= 4 is 0 Å². The lowest BCUT2D eigenvalue weighted by molar-refractivity contribution is -0.0701. The van der Waals surface area contributed by atoms with Crippen LogP contribution in [0.1, 0.15) is 52.9 Å². The summed E-state index contributed by atoms with van der Waals surface area (Å²) in [6, 6.07) is 1.53. The predicted octanol–water partition coefficient (Wildman–Crippen LogP) is 2.50. The van der Waals surface area contributed by atoms with Gasteiger partial charge in [0.2, 0.25) is 0 Å². The molecule has 3 heterocycles. The van der Waals surface area contributed by atoms with Crippen LogP contribution in [0.2, 0.25) is 0 Å². The van der Waals surface area contributed by atoms with E-state index in [1.807, 2.05) is 0 Å². The topological polar surface area (TPSA) is 15.7 Å². The molecule has 19 heavy (non-hydrogen) atoms. The van der Waals surface area contributed by atoms with Crippen LogP contribution in [0.3, 0.4) is 0 Å². The van der Waals surface area contributed by atoms with Gasteiger partial charge >= 0.3 is 0 Å². The highest BCUT2D eigenvalue weighted by atomic mass is 16.5. The number of hydrogen-bond acceptors (Lipinski definition) is 3. The van der Waals surface area contributed by atoms with E-state index in [4.69, 9.17) is 4.74 Å². The van der Waals surface area contributed by atoms with Crippen molar-refractivity contribution in [3.8, 4) is 0 Å². The molecule has 3 fully saturated rings. The average molecular weight is 266 g/mol. The predicted molar refractivity (Wildman–Crippen MR) is 78.4 cm³/mol. The highest BCUT2D eigenvalue weighted by Gasteiger charge is 2.48. The van der Waals surface area contributed by atoms with E-state index in [2.05, 4.69) is 30.6 Å². The maximum Gasteiger partial charge on any atom is 0.0728 e. The average Bonchev–Trinajstić information content (AvgIpc) is 2.78. The third-order valence-corrected chi connectivity index (χ3v) is 6.02. The van der Waals surface area contributed by atoms with Crippen molar-refractivity contribution in [1.82, 2.24) is 9.80 Å². The number of piperidine rings is 1. The zero-order valence-electron chi connectivity index (χ0n) is 12.9. The van der Waals surface area contributed by atoms with Gasteiger partial charge in [0.1, 0.15) is 0 Å². The molecule has 0 saturated carbocycles. The summed E-state index contributed by atoms with van der Waals surface area (Å²) in [5.41, 5.74) is 0.268. The maximum absolute atomic E-state index is 5.90. The maximum atomic E-state index is 5.90. The first-order chi connectivity index (χ1) is 9.15. The zero-order valence-corrected chi connectivity index (χ0v) is 12.9. The van der Waals surface area contributed by atoms with E-state index in [1.54, 1.807) is 0 Å². The number of ether oxygens (including phenoxy) is 1. The van der Waals surface area contributed by atoms with E-state index < -0.39 is 0 Å². The second kappa shape index (κ2) is 5.34. The molecule has 0 aromatic rings. The minimum Gasteiger partial charge on any atom is -0.377 e. The van der Waals surface area contributed by atoms with Gasteiger partial charge in [0, 0.05) is 37.3 Å².